The molecule has 21 heavy (non-hydrogen) atoms. The van der Waals surface area contributed by atoms with Crippen molar-refractivity contribution < 1.29 is 0 Å². The number of unbranched alkanes of at least 4 members (excludes halogenated alkanes) is 4. The Bertz CT molecular complexity index is 330. The van der Waals surface area contributed by atoms with Crippen LogP contribution in [0.2, 0.25) is 16.6 Å². The van der Waals surface area contributed by atoms with E-state index in [1.165, 1.54) is 32.1 Å². The first-order chi connectivity index (χ1) is 9.78. The van der Waals surface area contributed by atoms with Gasteiger partial charge in [-0.15, -0.1) is 5.54 Å². The molecule has 0 rings (SSSR count). The molecular formula is C20H38Si. The Morgan fingerprint density at radius 3 is 1.76 bits per heavy atom. The highest BCUT2D eigenvalue weighted by atomic mass is 28.3. The number of hydrogen-bond acceptors (Lipinski definition) is 0. The van der Waals surface area contributed by atoms with E-state index in [-0.39, 0.29) is 0 Å². The smallest absolute Gasteiger partial charge is 0.125 e. The monoisotopic (exact) mass is 306 g/mol. The summed E-state index contributed by atoms with van der Waals surface area (Å²) in [6.45, 7) is 20.7. The third kappa shape index (κ3) is 6.43. The average molecular weight is 307 g/mol. The van der Waals surface area contributed by atoms with Gasteiger partial charge in [0, 0.05) is 0 Å². The molecule has 0 aromatic heterocycles. The molecule has 0 N–H and O–H groups in total. The largest absolute Gasteiger partial charge is 0.146 e. The predicted molar refractivity (Wildman–Crippen MR) is 101 cm³/mol. The lowest BCUT2D eigenvalue weighted by atomic mass is 10.1. The first-order valence-corrected chi connectivity index (χ1v) is 11.2. The fourth-order valence-electron chi connectivity index (χ4n) is 3.63. The van der Waals surface area contributed by atoms with Crippen molar-refractivity contribution in [2.75, 3.05) is 0 Å². The van der Waals surface area contributed by atoms with Gasteiger partial charge in [-0.3, -0.25) is 0 Å². The lowest BCUT2D eigenvalue weighted by molar-refractivity contribution is 0.634. The van der Waals surface area contributed by atoms with E-state index >= 15 is 0 Å². The Morgan fingerprint density at radius 2 is 1.33 bits per heavy atom. The van der Waals surface area contributed by atoms with Crippen molar-refractivity contribution in [2.45, 2.75) is 104 Å². The second kappa shape index (κ2) is 10.3. The predicted octanol–water partition coefficient (Wildman–Crippen LogP) is 7.12. The topological polar surface area (TPSA) is 0 Å². The van der Waals surface area contributed by atoms with Gasteiger partial charge in [0.15, 0.2) is 0 Å². The summed E-state index contributed by atoms with van der Waals surface area (Å²) in [4.78, 5) is 0. The van der Waals surface area contributed by atoms with Crippen LogP contribution in [0.15, 0.2) is 12.2 Å². The zero-order chi connectivity index (χ0) is 16.5. The molecule has 0 fully saturated rings. The SMILES string of the molecule is C=C(C#C[Si](C(C)C)(C(C)C)C(C)C)CCCCCCC. The van der Waals surface area contributed by atoms with Crippen molar-refractivity contribution in [2.24, 2.45) is 0 Å². The van der Waals surface area contributed by atoms with Gasteiger partial charge in [-0.1, -0.05) is 86.6 Å². The van der Waals surface area contributed by atoms with Crippen LogP contribution in [-0.4, -0.2) is 8.07 Å². The van der Waals surface area contributed by atoms with Crippen molar-refractivity contribution in [1.82, 2.24) is 0 Å². The van der Waals surface area contributed by atoms with E-state index in [1.54, 1.807) is 0 Å². The Kier molecular flexibility index (Phi) is 10.0. The molecule has 0 radical (unpaired) electrons. The number of allylic oxidation sites excluding steroid dienone is 1. The molecule has 0 aliphatic carbocycles. The van der Waals surface area contributed by atoms with E-state index < -0.39 is 8.07 Å². The van der Waals surface area contributed by atoms with Crippen LogP contribution in [0.3, 0.4) is 0 Å². The van der Waals surface area contributed by atoms with Gasteiger partial charge in [0.1, 0.15) is 8.07 Å². The molecule has 122 valence electrons. The van der Waals surface area contributed by atoms with Crippen molar-refractivity contribution in [1.29, 1.82) is 0 Å². The quantitative estimate of drug-likeness (QED) is 0.241. The molecule has 0 aliphatic rings. The van der Waals surface area contributed by atoms with E-state index in [0.29, 0.717) is 16.6 Å². The highest BCUT2D eigenvalue weighted by molar-refractivity contribution is 6.90. The van der Waals surface area contributed by atoms with Crippen LogP contribution in [0.1, 0.15) is 87.0 Å². The highest BCUT2D eigenvalue weighted by Crippen LogP contribution is 2.40. The van der Waals surface area contributed by atoms with Crippen LogP contribution in [0.5, 0.6) is 0 Å². The maximum atomic E-state index is 4.20. The molecule has 0 bridgehead atoms. The molecule has 0 nitrogen and oxygen atoms in total. The van der Waals surface area contributed by atoms with Gasteiger partial charge in [-0.2, -0.15) is 0 Å². The summed E-state index contributed by atoms with van der Waals surface area (Å²) >= 11 is 0. The normalized spacial score (nSPS) is 11.9. The Morgan fingerprint density at radius 1 is 0.857 bits per heavy atom. The Labute approximate surface area is 135 Å². The molecule has 0 unspecified atom stereocenters. The molecule has 0 aliphatic heterocycles. The first kappa shape index (κ1) is 20.5. The van der Waals surface area contributed by atoms with Gasteiger partial charge in [0.25, 0.3) is 0 Å². The summed E-state index contributed by atoms with van der Waals surface area (Å²) < 4.78 is 0. The summed E-state index contributed by atoms with van der Waals surface area (Å²) in [5.41, 5.74) is 7.06. The van der Waals surface area contributed by atoms with Gasteiger partial charge in [0.05, 0.1) is 0 Å². The summed E-state index contributed by atoms with van der Waals surface area (Å²) in [7, 11) is -1.57. The van der Waals surface area contributed by atoms with Crippen LogP contribution < -0.4 is 0 Å². The number of hydrogen-bond donors (Lipinski definition) is 0. The second-order valence-corrected chi connectivity index (χ2v) is 13.0. The molecule has 0 heterocycles. The zero-order valence-electron chi connectivity index (χ0n) is 15.7. The van der Waals surface area contributed by atoms with Crippen LogP contribution in [0, 0.1) is 11.5 Å². The Balaban J connectivity index is 4.70. The summed E-state index contributed by atoms with van der Waals surface area (Å²) in [5.74, 6) is 3.48. The van der Waals surface area contributed by atoms with Crippen molar-refractivity contribution in [3.63, 3.8) is 0 Å². The van der Waals surface area contributed by atoms with Crippen molar-refractivity contribution in [3.8, 4) is 11.5 Å². The Hall–Kier alpha value is -0.483. The maximum absolute atomic E-state index is 4.20. The summed E-state index contributed by atoms with van der Waals surface area (Å²) in [5, 5.41) is 0. The molecule has 0 saturated carbocycles. The molecule has 0 atom stereocenters. The lowest BCUT2D eigenvalue weighted by Crippen LogP contribution is -2.43. The second-order valence-electron chi connectivity index (χ2n) is 7.41. The third-order valence-electron chi connectivity index (χ3n) is 4.90. The molecule has 0 saturated heterocycles. The minimum absolute atomic E-state index is 0.711. The van der Waals surface area contributed by atoms with Gasteiger partial charge in [-0.05, 0) is 35.0 Å². The van der Waals surface area contributed by atoms with Gasteiger partial charge in [-0.25, -0.2) is 0 Å². The first-order valence-electron chi connectivity index (χ1n) is 8.99. The minimum atomic E-state index is -1.57. The van der Waals surface area contributed by atoms with Crippen LogP contribution in [0.25, 0.3) is 0 Å². The van der Waals surface area contributed by atoms with E-state index in [2.05, 4.69) is 66.5 Å². The molecular weight excluding hydrogens is 268 g/mol. The third-order valence-corrected chi connectivity index (χ3v) is 11.2. The van der Waals surface area contributed by atoms with Gasteiger partial charge >= 0.3 is 0 Å². The van der Waals surface area contributed by atoms with Crippen LogP contribution in [-0.2, 0) is 0 Å². The van der Waals surface area contributed by atoms with Crippen molar-refractivity contribution in [3.05, 3.63) is 12.2 Å². The standard InChI is InChI=1S/C20H38Si/c1-9-10-11-12-13-14-20(8)15-16-21(17(2)3,18(4)5)19(6)7/h17-19H,8-14H2,1-7H3. The van der Waals surface area contributed by atoms with Crippen LogP contribution in [0.4, 0.5) is 0 Å². The molecule has 0 aromatic carbocycles. The number of rotatable bonds is 9. The molecule has 0 aromatic rings. The van der Waals surface area contributed by atoms with E-state index in [0.717, 1.165) is 12.0 Å². The van der Waals surface area contributed by atoms with E-state index in [9.17, 15) is 0 Å². The average Bonchev–Trinajstić information content (AvgIpc) is 2.37. The molecule has 0 amide bonds. The van der Waals surface area contributed by atoms with Crippen LogP contribution >= 0.6 is 0 Å². The van der Waals surface area contributed by atoms with E-state index in [1.807, 2.05) is 0 Å². The summed E-state index contributed by atoms with van der Waals surface area (Å²) in [6.07, 6.45) is 7.71. The molecule has 0 spiro atoms. The maximum Gasteiger partial charge on any atom is 0.146 e. The minimum Gasteiger partial charge on any atom is -0.125 e. The summed E-state index contributed by atoms with van der Waals surface area (Å²) in [6, 6.07) is 0. The van der Waals surface area contributed by atoms with Crippen molar-refractivity contribution >= 4 is 8.07 Å². The highest BCUT2D eigenvalue weighted by Gasteiger charge is 2.41. The van der Waals surface area contributed by atoms with Gasteiger partial charge in [0.2, 0.25) is 0 Å². The molecule has 1 heteroatoms. The lowest BCUT2D eigenvalue weighted by Gasteiger charge is -2.38. The van der Waals surface area contributed by atoms with Gasteiger partial charge < -0.3 is 0 Å². The fraction of sp³-hybridized carbons (Fsp3) is 0.800. The fourth-order valence-corrected chi connectivity index (χ4v) is 8.89. The van der Waals surface area contributed by atoms with E-state index in [4.69, 9.17) is 0 Å². The zero-order valence-corrected chi connectivity index (χ0v) is 16.7.